The van der Waals surface area contributed by atoms with Crippen LogP contribution in [0.1, 0.15) is 13.2 Å². The van der Waals surface area contributed by atoms with Crippen molar-refractivity contribution in [3.8, 4) is 0 Å². The van der Waals surface area contributed by atoms with Crippen LogP contribution in [0.5, 0.6) is 0 Å². The summed E-state index contributed by atoms with van der Waals surface area (Å²) >= 11 is 0. The van der Waals surface area contributed by atoms with Crippen LogP contribution in [0, 0.1) is 5.92 Å². The molecular weight excluding hydrogens is 250 g/mol. The maximum absolute atomic E-state index is 11.8. The normalized spacial score (nSPS) is 34.4. The molecule has 4 N–H and O–H groups in total. The number of aliphatic hydroxyl groups excluding tert-OH is 2. The molecular formula is C12H17N3O4. The number of aliphatic hydroxyl groups is 2. The van der Waals surface area contributed by atoms with E-state index in [-0.39, 0.29) is 5.82 Å². The molecule has 0 bridgehead atoms. The van der Waals surface area contributed by atoms with Crippen LogP contribution < -0.4 is 11.4 Å². The molecule has 0 saturated carbocycles. The fraction of sp³-hybridized carbons (Fsp3) is 0.500. The summed E-state index contributed by atoms with van der Waals surface area (Å²) in [6.07, 6.45) is 1.10. The van der Waals surface area contributed by atoms with E-state index in [9.17, 15) is 15.0 Å². The Hall–Kier alpha value is -1.70. The minimum atomic E-state index is -1.27. The van der Waals surface area contributed by atoms with Gasteiger partial charge in [0.15, 0.2) is 0 Å². The fourth-order valence-corrected chi connectivity index (χ4v) is 2.30. The highest BCUT2D eigenvalue weighted by molar-refractivity contribution is 5.23. The monoisotopic (exact) mass is 267 g/mol. The van der Waals surface area contributed by atoms with Gasteiger partial charge in [-0.1, -0.05) is 13.0 Å². The summed E-state index contributed by atoms with van der Waals surface area (Å²) in [7, 11) is 0. The lowest BCUT2D eigenvalue weighted by Gasteiger charge is -2.26. The number of aromatic nitrogens is 2. The van der Waals surface area contributed by atoms with E-state index < -0.39 is 36.1 Å². The molecule has 4 atom stereocenters. The molecule has 0 spiro atoms. The summed E-state index contributed by atoms with van der Waals surface area (Å²) in [6.45, 7) is 4.87. The third-order valence-electron chi connectivity index (χ3n) is 3.51. The van der Waals surface area contributed by atoms with Gasteiger partial charge in [-0.15, -0.1) is 6.58 Å². The van der Waals surface area contributed by atoms with E-state index in [0.717, 1.165) is 0 Å². The van der Waals surface area contributed by atoms with Crippen LogP contribution in [-0.2, 0) is 4.74 Å². The van der Waals surface area contributed by atoms with Gasteiger partial charge in [0.2, 0.25) is 0 Å². The Labute approximate surface area is 110 Å². The molecule has 7 nitrogen and oxygen atoms in total. The van der Waals surface area contributed by atoms with Gasteiger partial charge >= 0.3 is 5.69 Å². The molecule has 1 aliphatic rings. The molecule has 1 aromatic heterocycles. The number of ether oxygens (including phenoxy) is 1. The summed E-state index contributed by atoms with van der Waals surface area (Å²) in [4.78, 5) is 15.4. The highest BCUT2D eigenvalue weighted by Crippen LogP contribution is 2.41. The molecule has 1 fully saturated rings. The number of hydrogen-bond donors (Lipinski definition) is 3. The molecule has 0 amide bonds. The van der Waals surface area contributed by atoms with Crippen LogP contribution in [0.4, 0.5) is 5.82 Å². The smallest absolute Gasteiger partial charge is 0.351 e. The first-order valence-electron chi connectivity index (χ1n) is 5.90. The van der Waals surface area contributed by atoms with Crippen LogP contribution in [0.2, 0.25) is 0 Å². The highest BCUT2D eigenvalue weighted by Gasteiger charge is 2.51. The maximum atomic E-state index is 11.8. The molecule has 1 aromatic rings. The average molecular weight is 267 g/mol. The SMILES string of the molecule is C=C[C@]1(CO)O[C@@H](n2ccc(N)nc2=O)[C@@H](C)[C@@H]1O. The molecule has 0 unspecified atom stereocenters. The Morgan fingerprint density at radius 3 is 2.89 bits per heavy atom. The summed E-state index contributed by atoms with van der Waals surface area (Å²) < 4.78 is 6.88. The van der Waals surface area contributed by atoms with Crippen LogP contribution in [0.25, 0.3) is 0 Å². The Morgan fingerprint density at radius 2 is 2.42 bits per heavy atom. The summed E-state index contributed by atoms with van der Waals surface area (Å²) in [5, 5.41) is 19.6. The molecule has 2 heterocycles. The van der Waals surface area contributed by atoms with Crippen molar-refractivity contribution in [1.82, 2.24) is 9.55 Å². The van der Waals surface area contributed by atoms with Gasteiger partial charge in [-0.3, -0.25) is 4.57 Å². The Kier molecular flexibility index (Phi) is 3.44. The van der Waals surface area contributed by atoms with Gasteiger partial charge in [0, 0.05) is 12.1 Å². The number of nitrogens with zero attached hydrogens (tertiary/aromatic N) is 2. The van der Waals surface area contributed by atoms with E-state index in [4.69, 9.17) is 10.5 Å². The van der Waals surface area contributed by atoms with Crippen molar-refractivity contribution < 1.29 is 14.9 Å². The van der Waals surface area contributed by atoms with E-state index in [0.29, 0.717) is 0 Å². The van der Waals surface area contributed by atoms with Crippen molar-refractivity contribution in [1.29, 1.82) is 0 Å². The van der Waals surface area contributed by atoms with Gasteiger partial charge in [0.1, 0.15) is 17.6 Å². The van der Waals surface area contributed by atoms with Crippen LogP contribution >= 0.6 is 0 Å². The lowest BCUT2D eigenvalue weighted by Crippen LogP contribution is -2.42. The van der Waals surface area contributed by atoms with Crippen molar-refractivity contribution >= 4 is 5.82 Å². The quantitative estimate of drug-likeness (QED) is 0.623. The van der Waals surface area contributed by atoms with Crippen molar-refractivity contribution in [3.63, 3.8) is 0 Å². The standard InChI is InChI=1S/C12H17N3O4/c1-3-12(6-16)9(17)7(2)10(19-12)15-5-4-8(13)14-11(15)18/h3-5,7,9-10,16-17H,1,6H2,2H3,(H2,13,14,18)/t7-,9-,10+,12+/m0/s1. The summed E-state index contributed by atoms with van der Waals surface area (Å²) in [6, 6.07) is 1.47. The molecule has 0 aliphatic carbocycles. The van der Waals surface area contributed by atoms with Gasteiger partial charge < -0.3 is 20.7 Å². The number of rotatable bonds is 3. The first-order chi connectivity index (χ1) is 8.95. The molecule has 1 saturated heterocycles. The first kappa shape index (κ1) is 13.7. The Bertz CT molecular complexity index is 544. The van der Waals surface area contributed by atoms with Gasteiger partial charge in [-0.25, -0.2) is 4.79 Å². The second kappa shape index (κ2) is 4.76. The third kappa shape index (κ3) is 2.05. The largest absolute Gasteiger partial charge is 0.393 e. The predicted molar refractivity (Wildman–Crippen MR) is 68.2 cm³/mol. The lowest BCUT2D eigenvalue weighted by atomic mass is 9.91. The van der Waals surface area contributed by atoms with Crippen molar-refractivity contribution in [3.05, 3.63) is 35.4 Å². The van der Waals surface area contributed by atoms with E-state index in [1.54, 1.807) is 6.92 Å². The molecule has 7 heteroatoms. The topological polar surface area (TPSA) is 111 Å². The molecule has 0 aromatic carbocycles. The van der Waals surface area contributed by atoms with E-state index in [1.165, 1.54) is 22.9 Å². The molecule has 19 heavy (non-hydrogen) atoms. The van der Waals surface area contributed by atoms with Crippen molar-refractivity contribution in [2.75, 3.05) is 12.3 Å². The van der Waals surface area contributed by atoms with Crippen LogP contribution in [0.15, 0.2) is 29.7 Å². The van der Waals surface area contributed by atoms with Gasteiger partial charge in [-0.05, 0) is 6.07 Å². The van der Waals surface area contributed by atoms with Crippen molar-refractivity contribution in [2.45, 2.75) is 24.9 Å². The van der Waals surface area contributed by atoms with E-state index in [2.05, 4.69) is 11.6 Å². The minimum absolute atomic E-state index is 0.115. The average Bonchev–Trinajstić information content (AvgIpc) is 2.64. The number of hydrogen-bond acceptors (Lipinski definition) is 6. The van der Waals surface area contributed by atoms with E-state index in [1.807, 2.05) is 0 Å². The second-order valence-electron chi connectivity index (χ2n) is 4.67. The van der Waals surface area contributed by atoms with Gasteiger partial charge in [-0.2, -0.15) is 4.98 Å². The highest BCUT2D eigenvalue weighted by atomic mass is 16.6. The maximum Gasteiger partial charge on any atom is 0.351 e. The number of nitrogens with two attached hydrogens (primary N) is 1. The summed E-state index contributed by atoms with van der Waals surface area (Å²) in [5.74, 6) is -0.294. The third-order valence-corrected chi connectivity index (χ3v) is 3.51. The Morgan fingerprint density at radius 1 is 1.74 bits per heavy atom. The van der Waals surface area contributed by atoms with Crippen molar-refractivity contribution in [2.24, 2.45) is 5.92 Å². The lowest BCUT2D eigenvalue weighted by molar-refractivity contribution is -0.0978. The number of nitrogen functional groups attached to an aromatic ring is 1. The number of anilines is 1. The fourth-order valence-electron chi connectivity index (χ4n) is 2.30. The Balaban J connectivity index is 2.42. The van der Waals surface area contributed by atoms with E-state index >= 15 is 0 Å². The molecule has 104 valence electrons. The van der Waals surface area contributed by atoms with Crippen LogP contribution in [0.3, 0.4) is 0 Å². The summed E-state index contributed by atoms with van der Waals surface area (Å²) in [5.41, 5.74) is 3.58. The minimum Gasteiger partial charge on any atom is -0.393 e. The van der Waals surface area contributed by atoms with Gasteiger partial charge in [0.25, 0.3) is 0 Å². The molecule has 0 radical (unpaired) electrons. The van der Waals surface area contributed by atoms with Gasteiger partial charge in [0.05, 0.1) is 12.7 Å². The molecule has 2 rings (SSSR count). The zero-order valence-corrected chi connectivity index (χ0v) is 10.6. The zero-order valence-electron chi connectivity index (χ0n) is 10.6. The van der Waals surface area contributed by atoms with Crippen LogP contribution in [-0.4, -0.2) is 38.1 Å². The second-order valence-corrected chi connectivity index (χ2v) is 4.67. The predicted octanol–water partition coefficient (Wildman–Crippen LogP) is -0.732. The molecule has 1 aliphatic heterocycles. The first-order valence-corrected chi connectivity index (χ1v) is 5.90. The zero-order chi connectivity index (χ0) is 14.2.